The van der Waals surface area contributed by atoms with Gasteiger partial charge in [-0.2, -0.15) is 25.3 Å². The minimum absolute atomic E-state index is 0. The van der Waals surface area contributed by atoms with Gasteiger partial charge in [0.25, 0.3) is 0 Å². The molecule has 97 valence electrons. The van der Waals surface area contributed by atoms with Gasteiger partial charge in [-0.1, -0.05) is 0 Å². The molecule has 3 nitrogen and oxygen atoms in total. The molecule has 1 aromatic carbocycles. The van der Waals surface area contributed by atoms with Gasteiger partial charge < -0.3 is 13.7 Å². The van der Waals surface area contributed by atoms with Crippen LogP contribution in [0.3, 0.4) is 0 Å². The third-order valence-corrected chi connectivity index (χ3v) is 2.38. The third-order valence-electron chi connectivity index (χ3n) is 1.93. The van der Waals surface area contributed by atoms with E-state index in [1.807, 2.05) is 0 Å². The van der Waals surface area contributed by atoms with Gasteiger partial charge in [0.15, 0.2) is 12.0 Å². The Bertz CT molecular complexity index is 366. The minimum Gasteiger partial charge on any atom is -0.444 e. The maximum Gasteiger partial charge on any atom is 0.479 e. The Hall–Kier alpha value is 0.184. The quantitative estimate of drug-likeness (QED) is 0.616. The molecule has 0 aromatic heterocycles. The van der Waals surface area contributed by atoms with Gasteiger partial charge in [0.1, 0.15) is 6.29 Å². The molecule has 0 saturated carbocycles. The fourth-order valence-electron chi connectivity index (χ4n) is 1.26. The van der Waals surface area contributed by atoms with Crippen LogP contribution in [0.2, 0.25) is 0 Å². The summed E-state index contributed by atoms with van der Waals surface area (Å²) in [6.07, 6.45) is -0.462. The molecule has 8 heteroatoms. The fourth-order valence-corrected chi connectivity index (χ4v) is 1.55. The van der Waals surface area contributed by atoms with Crippen molar-refractivity contribution in [2.45, 2.75) is 11.8 Å². The van der Waals surface area contributed by atoms with Gasteiger partial charge in [-0.05, 0) is 0 Å². The smallest absolute Gasteiger partial charge is 0.444 e. The summed E-state index contributed by atoms with van der Waals surface area (Å²) >= 11 is -0.569. The number of benzene rings is 1. The zero-order valence-electron chi connectivity index (χ0n) is 9.07. The summed E-state index contributed by atoms with van der Waals surface area (Å²) in [5, 5.41) is 0. The molecule has 0 amide bonds. The molecule has 1 heterocycles. The van der Waals surface area contributed by atoms with Crippen LogP contribution in [0.15, 0.2) is 18.2 Å². The van der Waals surface area contributed by atoms with Crippen molar-refractivity contribution in [3.05, 3.63) is 29.8 Å². The number of hydrogen-bond acceptors (Lipinski definition) is 4. The molecular formula is C10H8F3O3SY-. The standard InChI is InChI=1S/C10H8F3O3S.Y/c11-10(12,13)17-16-8-3-1-7(2-4-8)9-14-5-6-15-9;/h1-3,9H,5-6H2;/q-1;. The molecule has 1 saturated heterocycles. The van der Waals surface area contributed by atoms with E-state index in [0.29, 0.717) is 18.8 Å². The maximum absolute atomic E-state index is 11.9. The van der Waals surface area contributed by atoms with E-state index < -0.39 is 23.8 Å². The summed E-state index contributed by atoms with van der Waals surface area (Å²) in [7, 11) is 0. The molecule has 18 heavy (non-hydrogen) atoms. The van der Waals surface area contributed by atoms with Crippen LogP contribution in [-0.2, 0) is 42.2 Å². The van der Waals surface area contributed by atoms with Crippen molar-refractivity contribution in [2.24, 2.45) is 0 Å². The van der Waals surface area contributed by atoms with Crippen molar-refractivity contribution in [1.29, 1.82) is 0 Å². The van der Waals surface area contributed by atoms with E-state index in [1.165, 1.54) is 12.1 Å². The second-order valence-corrected chi connectivity index (χ2v) is 3.97. The zero-order chi connectivity index (χ0) is 12.3. The fraction of sp³-hybridized carbons (Fsp3) is 0.400. The summed E-state index contributed by atoms with van der Waals surface area (Å²) in [6, 6.07) is 7.04. The Morgan fingerprint density at radius 2 is 1.94 bits per heavy atom. The predicted octanol–water partition coefficient (Wildman–Crippen LogP) is 3.08. The van der Waals surface area contributed by atoms with E-state index in [4.69, 9.17) is 9.47 Å². The topological polar surface area (TPSA) is 27.7 Å². The van der Waals surface area contributed by atoms with Gasteiger partial charge in [-0.25, -0.2) is 0 Å². The Morgan fingerprint density at radius 1 is 1.28 bits per heavy atom. The van der Waals surface area contributed by atoms with Crippen molar-refractivity contribution in [3.63, 3.8) is 0 Å². The van der Waals surface area contributed by atoms with E-state index in [9.17, 15) is 13.2 Å². The first-order valence-corrected chi connectivity index (χ1v) is 5.46. The Balaban J connectivity index is 0.00000162. The van der Waals surface area contributed by atoms with Crippen molar-refractivity contribution in [2.75, 3.05) is 13.2 Å². The number of rotatable bonds is 3. The van der Waals surface area contributed by atoms with Gasteiger partial charge in [0.2, 0.25) is 0 Å². The van der Waals surface area contributed by atoms with Crippen LogP contribution in [0.1, 0.15) is 11.9 Å². The molecule has 1 aliphatic heterocycles. The molecule has 1 aliphatic rings. The summed E-state index contributed by atoms with van der Waals surface area (Å²) in [5.41, 5.74) is -3.73. The molecule has 0 N–H and O–H groups in total. The van der Waals surface area contributed by atoms with Gasteiger partial charge in [0, 0.05) is 38.5 Å². The average molecular weight is 354 g/mol. The number of halogens is 3. The number of alkyl halides is 3. The molecular weight excluding hydrogens is 346 g/mol. The van der Waals surface area contributed by atoms with Gasteiger partial charge in [-0.15, -0.1) is 17.7 Å². The minimum atomic E-state index is -4.43. The van der Waals surface area contributed by atoms with E-state index in [-0.39, 0.29) is 38.5 Å². The van der Waals surface area contributed by atoms with Crippen LogP contribution in [0, 0.1) is 6.07 Å². The van der Waals surface area contributed by atoms with E-state index >= 15 is 0 Å². The average Bonchev–Trinajstić information content (AvgIpc) is 2.79. The van der Waals surface area contributed by atoms with Crippen LogP contribution < -0.4 is 4.18 Å². The Labute approximate surface area is 131 Å². The van der Waals surface area contributed by atoms with E-state index in [1.54, 1.807) is 6.07 Å². The summed E-state index contributed by atoms with van der Waals surface area (Å²) in [5.74, 6) is 0.00840. The first kappa shape index (κ1) is 16.2. The largest absolute Gasteiger partial charge is 0.479 e. The monoisotopic (exact) mass is 354 g/mol. The SMILES string of the molecule is FC(F)(F)SOc1[c-]cc(C2OCCO2)cc1.[Y]. The van der Waals surface area contributed by atoms with Crippen LogP contribution in [0.5, 0.6) is 5.75 Å². The summed E-state index contributed by atoms with van der Waals surface area (Å²) in [4.78, 5) is 0. The Morgan fingerprint density at radius 3 is 2.44 bits per heavy atom. The molecule has 0 atom stereocenters. The molecule has 0 spiro atoms. The maximum atomic E-state index is 11.9. The first-order chi connectivity index (χ1) is 8.04. The molecule has 1 aromatic rings. The summed E-state index contributed by atoms with van der Waals surface area (Å²) < 4.78 is 50.4. The number of ether oxygens (including phenoxy) is 2. The van der Waals surface area contributed by atoms with Crippen LogP contribution in [0.4, 0.5) is 13.2 Å². The van der Waals surface area contributed by atoms with E-state index in [2.05, 4.69) is 10.2 Å². The van der Waals surface area contributed by atoms with E-state index in [0.717, 1.165) is 0 Å². The Kier molecular flexibility index (Phi) is 6.40. The van der Waals surface area contributed by atoms with Crippen molar-refractivity contribution >= 4 is 12.0 Å². The number of hydrogen-bond donors (Lipinski definition) is 0. The molecule has 0 aliphatic carbocycles. The van der Waals surface area contributed by atoms with Crippen LogP contribution in [0.25, 0.3) is 0 Å². The van der Waals surface area contributed by atoms with Crippen LogP contribution >= 0.6 is 12.0 Å². The third kappa shape index (κ3) is 5.05. The molecule has 2 rings (SSSR count). The molecule has 1 fully saturated rings. The van der Waals surface area contributed by atoms with Crippen molar-refractivity contribution in [3.8, 4) is 5.75 Å². The first-order valence-electron chi connectivity index (χ1n) is 4.72. The molecule has 0 bridgehead atoms. The molecule has 0 unspecified atom stereocenters. The second-order valence-electron chi connectivity index (χ2n) is 3.17. The van der Waals surface area contributed by atoms with Crippen LogP contribution in [-0.4, -0.2) is 18.7 Å². The summed E-state index contributed by atoms with van der Waals surface area (Å²) in [6.45, 7) is 1.01. The van der Waals surface area contributed by atoms with Crippen molar-refractivity contribution in [1.82, 2.24) is 0 Å². The zero-order valence-corrected chi connectivity index (χ0v) is 12.7. The van der Waals surface area contributed by atoms with Crippen molar-refractivity contribution < 1.29 is 59.5 Å². The normalized spacial score (nSPS) is 16.4. The van der Waals surface area contributed by atoms with Gasteiger partial charge in [0.05, 0.1) is 13.2 Å². The second kappa shape index (κ2) is 7.10. The van der Waals surface area contributed by atoms with Gasteiger partial charge >= 0.3 is 5.51 Å². The van der Waals surface area contributed by atoms with Gasteiger partial charge in [-0.3, -0.25) is 0 Å². The molecule has 1 radical (unpaired) electrons. The predicted molar refractivity (Wildman–Crippen MR) is 54.2 cm³/mol.